The van der Waals surface area contributed by atoms with Crippen molar-refractivity contribution in [1.29, 1.82) is 0 Å². The Kier molecular flexibility index (Phi) is 6.56. The van der Waals surface area contributed by atoms with Gasteiger partial charge in [0, 0.05) is 18.8 Å². The predicted octanol–water partition coefficient (Wildman–Crippen LogP) is 4.85. The number of nitrogens with zero attached hydrogens (tertiary/aromatic N) is 2. The predicted molar refractivity (Wildman–Crippen MR) is 112 cm³/mol. The van der Waals surface area contributed by atoms with E-state index in [4.69, 9.17) is 0 Å². The SMILES string of the molecule is CCC[C@@H](O)c1ccc(-c2ccc(C(=O)N(C)Cc3ccccn3)cc2)cc1. The molecule has 1 N–H and O–H groups in total. The molecule has 0 aliphatic heterocycles. The van der Waals surface area contributed by atoms with Crippen LogP contribution in [0.25, 0.3) is 11.1 Å². The highest BCUT2D eigenvalue weighted by atomic mass is 16.3. The summed E-state index contributed by atoms with van der Waals surface area (Å²) >= 11 is 0. The van der Waals surface area contributed by atoms with Crippen LogP contribution in [0, 0.1) is 0 Å². The summed E-state index contributed by atoms with van der Waals surface area (Å²) in [6.45, 7) is 2.54. The minimum Gasteiger partial charge on any atom is -0.388 e. The van der Waals surface area contributed by atoms with Crippen LogP contribution in [0.3, 0.4) is 0 Å². The summed E-state index contributed by atoms with van der Waals surface area (Å²) in [4.78, 5) is 18.6. The molecule has 1 aromatic heterocycles. The van der Waals surface area contributed by atoms with E-state index in [9.17, 15) is 9.90 Å². The van der Waals surface area contributed by atoms with Gasteiger partial charge in [0.15, 0.2) is 0 Å². The second-order valence-corrected chi connectivity index (χ2v) is 6.99. The molecule has 1 atom stereocenters. The van der Waals surface area contributed by atoms with Crippen LogP contribution in [0.2, 0.25) is 0 Å². The third kappa shape index (κ3) is 4.84. The van der Waals surface area contributed by atoms with Gasteiger partial charge in [-0.3, -0.25) is 9.78 Å². The summed E-state index contributed by atoms with van der Waals surface area (Å²) in [5.74, 6) is -0.0322. The number of aromatic nitrogens is 1. The molecule has 0 aliphatic rings. The van der Waals surface area contributed by atoms with Crippen molar-refractivity contribution in [3.63, 3.8) is 0 Å². The molecule has 4 nitrogen and oxygen atoms in total. The van der Waals surface area contributed by atoms with Crippen LogP contribution in [0.15, 0.2) is 72.9 Å². The van der Waals surface area contributed by atoms with Crippen molar-refractivity contribution in [2.24, 2.45) is 0 Å². The van der Waals surface area contributed by atoms with Gasteiger partial charge in [-0.15, -0.1) is 0 Å². The van der Waals surface area contributed by atoms with Gasteiger partial charge in [-0.25, -0.2) is 0 Å². The Labute approximate surface area is 166 Å². The Bertz CT molecular complexity index is 890. The number of benzene rings is 2. The molecule has 1 amide bonds. The van der Waals surface area contributed by atoms with Crippen LogP contribution < -0.4 is 0 Å². The molecule has 0 saturated heterocycles. The van der Waals surface area contributed by atoms with E-state index < -0.39 is 6.10 Å². The minimum absolute atomic E-state index is 0.0322. The van der Waals surface area contributed by atoms with E-state index in [1.54, 1.807) is 18.1 Å². The fourth-order valence-corrected chi connectivity index (χ4v) is 3.17. The molecule has 4 heteroatoms. The lowest BCUT2D eigenvalue weighted by atomic mass is 9.99. The lowest BCUT2D eigenvalue weighted by Gasteiger charge is -2.17. The molecule has 0 bridgehead atoms. The zero-order chi connectivity index (χ0) is 19.9. The van der Waals surface area contributed by atoms with Crippen molar-refractivity contribution in [3.05, 3.63) is 89.7 Å². The Morgan fingerprint density at radius 3 is 2.21 bits per heavy atom. The van der Waals surface area contributed by atoms with E-state index in [0.29, 0.717) is 12.1 Å². The Hall–Kier alpha value is -2.98. The van der Waals surface area contributed by atoms with Crippen LogP contribution in [0.4, 0.5) is 0 Å². The summed E-state index contributed by atoms with van der Waals surface area (Å²) in [7, 11) is 1.78. The number of pyridine rings is 1. The quantitative estimate of drug-likeness (QED) is 0.643. The summed E-state index contributed by atoms with van der Waals surface area (Å²) in [6, 6.07) is 21.3. The molecule has 0 unspecified atom stereocenters. The van der Waals surface area contributed by atoms with E-state index in [0.717, 1.165) is 35.2 Å². The van der Waals surface area contributed by atoms with Crippen LogP contribution >= 0.6 is 0 Å². The first-order valence-electron chi connectivity index (χ1n) is 9.62. The van der Waals surface area contributed by atoms with Crippen molar-refractivity contribution in [2.75, 3.05) is 7.05 Å². The lowest BCUT2D eigenvalue weighted by Crippen LogP contribution is -2.26. The van der Waals surface area contributed by atoms with Crippen molar-refractivity contribution >= 4 is 5.91 Å². The average Bonchev–Trinajstić information content (AvgIpc) is 2.74. The Balaban J connectivity index is 1.68. The summed E-state index contributed by atoms with van der Waals surface area (Å²) in [5, 5.41) is 10.1. The van der Waals surface area contributed by atoms with E-state index in [1.807, 2.05) is 66.7 Å². The molecular weight excluding hydrogens is 348 g/mol. The fourth-order valence-electron chi connectivity index (χ4n) is 3.17. The summed E-state index contributed by atoms with van der Waals surface area (Å²) in [6.07, 6.45) is 3.04. The molecule has 0 radical (unpaired) electrons. The van der Waals surface area contributed by atoms with Crippen LogP contribution in [0.1, 0.15) is 47.5 Å². The number of rotatable bonds is 7. The first-order chi connectivity index (χ1) is 13.6. The molecule has 0 fully saturated rings. The highest BCUT2D eigenvalue weighted by Crippen LogP contribution is 2.24. The maximum Gasteiger partial charge on any atom is 0.253 e. The van der Waals surface area contributed by atoms with Gasteiger partial charge in [0.25, 0.3) is 5.91 Å². The van der Waals surface area contributed by atoms with Crippen molar-refractivity contribution < 1.29 is 9.90 Å². The maximum atomic E-state index is 12.6. The molecule has 0 saturated carbocycles. The highest BCUT2D eigenvalue weighted by Gasteiger charge is 2.13. The first kappa shape index (κ1) is 19.8. The van der Waals surface area contributed by atoms with E-state index in [2.05, 4.69) is 11.9 Å². The molecule has 2 aromatic carbocycles. The van der Waals surface area contributed by atoms with E-state index in [1.165, 1.54) is 0 Å². The van der Waals surface area contributed by atoms with Crippen molar-refractivity contribution in [2.45, 2.75) is 32.4 Å². The standard InChI is InChI=1S/C24H26N2O2/c1-3-6-23(27)20-12-8-18(9-13-20)19-10-14-21(15-11-19)24(28)26(2)17-22-7-4-5-16-25-22/h4-5,7-16,23,27H,3,6,17H2,1-2H3/t23-/m1/s1. The van der Waals surface area contributed by atoms with Crippen LogP contribution in [-0.4, -0.2) is 27.9 Å². The molecule has 3 aromatic rings. The highest BCUT2D eigenvalue weighted by molar-refractivity contribution is 5.94. The van der Waals surface area contributed by atoms with Gasteiger partial charge in [-0.05, 0) is 47.4 Å². The zero-order valence-corrected chi connectivity index (χ0v) is 16.4. The molecule has 0 aliphatic carbocycles. The second-order valence-electron chi connectivity index (χ2n) is 6.99. The van der Waals surface area contributed by atoms with Gasteiger partial charge in [-0.2, -0.15) is 0 Å². The molecule has 28 heavy (non-hydrogen) atoms. The summed E-state index contributed by atoms with van der Waals surface area (Å²) in [5.41, 5.74) is 4.56. The van der Waals surface area contributed by atoms with Gasteiger partial charge in [0.1, 0.15) is 0 Å². The topological polar surface area (TPSA) is 53.4 Å². The Morgan fingerprint density at radius 2 is 1.64 bits per heavy atom. The molecule has 144 valence electrons. The molecule has 3 rings (SSSR count). The lowest BCUT2D eigenvalue weighted by molar-refractivity contribution is 0.0783. The van der Waals surface area contributed by atoms with Crippen LogP contribution in [-0.2, 0) is 6.54 Å². The second kappa shape index (κ2) is 9.29. The minimum atomic E-state index is -0.409. The normalized spacial score (nSPS) is 11.8. The van der Waals surface area contributed by atoms with Gasteiger partial charge in [0.2, 0.25) is 0 Å². The van der Waals surface area contributed by atoms with Gasteiger partial charge in [-0.1, -0.05) is 55.8 Å². The van der Waals surface area contributed by atoms with Gasteiger partial charge < -0.3 is 10.0 Å². The number of aliphatic hydroxyl groups is 1. The number of hydrogen-bond acceptors (Lipinski definition) is 3. The van der Waals surface area contributed by atoms with Crippen LogP contribution in [0.5, 0.6) is 0 Å². The first-order valence-corrected chi connectivity index (χ1v) is 9.62. The van der Waals surface area contributed by atoms with Crippen molar-refractivity contribution in [3.8, 4) is 11.1 Å². The largest absolute Gasteiger partial charge is 0.388 e. The third-order valence-corrected chi connectivity index (χ3v) is 4.79. The van der Waals surface area contributed by atoms with Crippen molar-refractivity contribution in [1.82, 2.24) is 9.88 Å². The van der Waals surface area contributed by atoms with E-state index in [-0.39, 0.29) is 5.91 Å². The monoisotopic (exact) mass is 374 g/mol. The number of amides is 1. The molecule has 1 heterocycles. The molecular formula is C24H26N2O2. The van der Waals surface area contributed by atoms with Gasteiger partial charge >= 0.3 is 0 Å². The summed E-state index contributed by atoms with van der Waals surface area (Å²) < 4.78 is 0. The Morgan fingerprint density at radius 1 is 1.00 bits per heavy atom. The van der Waals surface area contributed by atoms with Gasteiger partial charge in [0.05, 0.1) is 18.3 Å². The average molecular weight is 374 g/mol. The maximum absolute atomic E-state index is 12.6. The van der Waals surface area contributed by atoms with E-state index >= 15 is 0 Å². The number of carbonyl (C=O) groups excluding carboxylic acids is 1. The third-order valence-electron chi connectivity index (χ3n) is 4.79. The smallest absolute Gasteiger partial charge is 0.253 e. The zero-order valence-electron chi connectivity index (χ0n) is 16.4. The fraction of sp³-hybridized carbons (Fsp3) is 0.250. The number of carbonyl (C=O) groups is 1. The number of aliphatic hydroxyl groups excluding tert-OH is 1. The molecule has 0 spiro atoms. The number of hydrogen-bond donors (Lipinski definition) is 1.